The van der Waals surface area contributed by atoms with Gasteiger partial charge in [0.05, 0.1) is 5.60 Å². The predicted octanol–water partition coefficient (Wildman–Crippen LogP) is 3.69. The van der Waals surface area contributed by atoms with Gasteiger partial charge in [0.25, 0.3) is 0 Å². The summed E-state index contributed by atoms with van der Waals surface area (Å²) in [5.41, 5.74) is 0.875. The molecule has 2 atom stereocenters. The number of para-hydroxylation sites is 1. The average Bonchev–Trinajstić information content (AvgIpc) is 2.38. The van der Waals surface area contributed by atoms with Crippen molar-refractivity contribution in [3.63, 3.8) is 0 Å². The maximum atomic E-state index is 6.31. The molecule has 1 aromatic carbocycles. The van der Waals surface area contributed by atoms with Crippen LogP contribution in [0.5, 0.6) is 5.75 Å². The molecule has 0 aromatic heterocycles. The Morgan fingerprint density at radius 1 is 1.40 bits per heavy atom. The molecule has 1 N–H and O–H groups in total. The van der Waals surface area contributed by atoms with Crippen LogP contribution in [0.3, 0.4) is 0 Å². The zero-order chi connectivity index (χ0) is 14.8. The van der Waals surface area contributed by atoms with Crippen molar-refractivity contribution in [1.29, 1.82) is 0 Å². The summed E-state index contributed by atoms with van der Waals surface area (Å²) in [6.45, 7) is 9.53. The van der Waals surface area contributed by atoms with Gasteiger partial charge in [0.2, 0.25) is 0 Å². The van der Waals surface area contributed by atoms with Gasteiger partial charge in [-0.05, 0) is 33.4 Å². The molecule has 0 aliphatic carbocycles. The SMILES string of the molecule is CCNC1CC(C)(CC(C)(C)OC)Oc2ccccc21. The highest BCUT2D eigenvalue weighted by Crippen LogP contribution is 2.42. The Kier molecular flexibility index (Phi) is 4.40. The Balaban J connectivity index is 2.27. The Hall–Kier alpha value is -1.06. The lowest BCUT2D eigenvalue weighted by Crippen LogP contribution is -2.46. The molecule has 3 nitrogen and oxygen atoms in total. The molecule has 1 aliphatic heterocycles. The lowest BCUT2D eigenvalue weighted by Gasteiger charge is -2.43. The van der Waals surface area contributed by atoms with Gasteiger partial charge in [-0.25, -0.2) is 0 Å². The van der Waals surface area contributed by atoms with Gasteiger partial charge in [-0.2, -0.15) is 0 Å². The van der Waals surface area contributed by atoms with E-state index in [9.17, 15) is 0 Å². The van der Waals surface area contributed by atoms with Gasteiger partial charge in [0.1, 0.15) is 11.4 Å². The van der Waals surface area contributed by atoms with E-state index in [1.54, 1.807) is 7.11 Å². The van der Waals surface area contributed by atoms with Crippen molar-refractivity contribution in [3.05, 3.63) is 29.8 Å². The normalized spacial score (nSPS) is 25.9. The predicted molar refractivity (Wildman–Crippen MR) is 82.2 cm³/mol. The molecular formula is C17H27NO2. The molecule has 0 saturated heterocycles. The van der Waals surface area contributed by atoms with E-state index in [1.807, 2.05) is 6.07 Å². The minimum Gasteiger partial charge on any atom is -0.487 e. The fourth-order valence-electron chi connectivity index (χ4n) is 3.22. The van der Waals surface area contributed by atoms with Gasteiger partial charge in [0, 0.05) is 31.6 Å². The monoisotopic (exact) mass is 277 g/mol. The Morgan fingerprint density at radius 2 is 2.10 bits per heavy atom. The van der Waals surface area contributed by atoms with E-state index >= 15 is 0 Å². The molecule has 0 bridgehead atoms. The van der Waals surface area contributed by atoms with Gasteiger partial charge >= 0.3 is 0 Å². The first-order valence-electron chi connectivity index (χ1n) is 7.45. The molecule has 0 saturated carbocycles. The van der Waals surface area contributed by atoms with Crippen molar-refractivity contribution in [3.8, 4) is 5.75 Å². The molecule has 0 spiro atoms. The van der Waals surface area contributed by atoms with Gasteiger partial charge in [-0.1, -0.05) is 25.1 Å². The van der Waals surface area contributed by atoms with E-state index in [4.69, 9.17) is 9.47 Å². The smallest absolute Gasteiger partial charge is 0.124 e. The van der Waals surface area contributed by atoms with E-state index in [2.05, 4.69) is 51.2 Å². The summed E-state index contributed by atoms with van der Waals surface area (Å²) < 4.78 is 11.9. The van der Waals surface area contributed by atoms with Crippen molar-refractivity contribution in [2.45, 2.75) is 57.8 Å². The van der Waals surface area contributed by atoms with Crippen LogP contribution in [-0.4, -0.2) is 24.9 Å². The highest BCUT2D eigenvalue weighted by molar-refractivity contribution is 5.38. The topological polar surface area (TPSA) is 30.5 Å². The number of hydrogen-bond donors (Lipinski definition) is 1. The van der Waals surface area contributed by atoms with Crippen LogP contribution in [0.15, 0.2) is 24.3 Å². The standard InChI is InChI=1S/C17H27NO2/c1-6-18-14-11-17(4,12-16(2,3)19-5)20-15-10-8-7-9-13(14)15/h7-10,14,18H,6,11-12H2,1-5H3. The minimum absolute atomic E-state index is 0.183. The van der Waals surface area contributed by atoms with Crippen LogP contribution in [0.1, 0.15) is 52.1 Å². The van der Waals surface area contributed by atoms with E-state index in [0.29, 0.717) is 6.04 Å². The number of nitrogens with one attached hydrogen (secondary N) is 1. The average molecular weight is 277 g/mol. The highest BCUT2D eigenvalue weighted by Gasteiger charge is 2.40. The minimum atomic E-state index is -0.208. The summed E-state index contributed by atoms with van der Waals surface area (Å²) in [4.78, 5) is 0. The Morgan fingerprint density at radius 3 is 2.75 bits per heavy atom. The molecule has 2 unspecified atom stereocenters. The van der Waals surface area contributed by atoms with Crippen molar-refractivity contribution >= 4 is 0 Å². The second kappa shape index (κ2) is 5.74. The van der Waals surface area contributed by atoms with Crippen molar-refractivity contribution in [1.82, 2.24) is 5.32 Å². The van der Waals surface area contributed by atoms with Gasteiger partial charge in [-0.15, -0.1) is 0 Å². The van der Waals surface area contributed by atoms with Crippen LogP contribution < -0.4 is 10.1 Å². The number of fused-ring (bicyclic) bond motifs is 1. The molecule has 112 valence electrons. The molecule has 0 fully saturated rings. The lowest BCUT2D eigenvalue weighted by atomic mass is 9.81. The van der Waals surface area contributed by atoms with Gasteiger partial charge in [-0.3, -0.25) is 0 Å². The van der Waals surface area contributed by atoms with Crippen molar-refractivity contribution in [2.24, 2.45) is 0 Å². The fraction of sp³-hybridized carbons (Fsp3) is 0.647. The number of methoxy groups -OCH3 is 1. The number of ether oxygens (including phenoxy) is 2. The highest BCUT2D eigenvalue weighted by atomic mass is 16.5. The first-order valence-corrected chi connectivity index (χ1v) is 7.45. The van der Waals surface area contributed by atoms with Crippen LogP contribution >= 0.6 is 0 Å². The Bertz CT molecular complexity index is 458. The van der Waals surface area contributed by atoms with Crippen molar-refractivity contribution < 1.29 is 9.47 Å². The summed E-state index contributed by atoms with van der Waals surface area (Å²) in [7, 11) is 1.77. The third kappa shape index (κ3) is 3.33. The molecule has 2 rings (SSSR count). The third-order valence-electron chi connectivity index (χ3n) is 4.09. The number of rotatable bonds is 5. The fourth-order valence-corrected chi connectivity index (χ4v) is 3.22. The largest absolute Gasteiger partial charge is 0.487 e. The van der Waals surface area contributed by atoms with Crippen LogP contribution in [0, 0.1) is 0 Å². The second-order valence-corrected chi connectivity index (χ2v) is 6.54. The van der Waals surface area contributed by atoms with E-state index < -0.39 is 0 Å². The van der Waals surface area contributed by atoms with Crippen LogP contribution in [0.2, 0.25) is 0 Å². The van der Waals surface area contributed by atoms with E-state index in [1.165, 1.54) is 5.56 Å². The molecule has 1 heterocycles. The molecule has 1 aromatic rings. The zero-order valence-electron chi connectivity index (χ0n) is 13.3. The third-order valence-corrected chi connectivity index (χ3v) is 4.09. The van der Waals surface area contributed by atoms with Gasteiger partial charge < -0.3 is 14.8 Å². The number of hydrogen-bond acceptors (Lipinski definition) is 3. The molecule has 0 radical (unpaired) electrons. The quantitative estimate of drug-likeness (QED) is 0.890. The van der Waals surface area contributed by atoms with E-state index in [0.717, 1.165) is 25.1 Å². The molecular weight excluding hydrogens is 250 g/mol. The zero-order valence-corrected chi connectivity index (χ0v) is 13.3. The number of benzene rings is 1. The summed E-state index contributed by atoms with van der Waals surface area (Å²) >= 11 is 0. The van der Waals surface area contributed by atoms with Crippen molar-refractivity contribution in [2.75, 3.05) is 13.7 Å². The summed E-state index contributed by atoms with van der Waals surface area (Å²) in [6.07, 6.45) is 1.83. The molecule has 20 heavy (non-hydrogen) atoms. The van der Waals surface area contributed by atoms with Crippen LogP contribution in [0.4, 0.5) is 0 Å². The lowest BCUT2D eigenvalue weighted by molar-refractivity contribution is -0.0596. The maximum Gasteiger partial charge on any atom is 0.124 e. The summed E-state index contributed by atoms with van der Waals surface area (Å²) in [6, 6.07) is 8.69. The molecule has 1 aliphatic rings. The summed E-state index contributed by atoms with van der Waals surface area (Å²) in [5, 5.41) is 3.58. The molecule has 0 amide bonds. The maximum absolute atomic E-state index is 6.31. The summed E-state index contributed by atoms with van der Waals surface area (Å²) in [5.74, 6) is 0.999. The van der Waals surface area contributed by atoms with Crippen LogP contribution in [0.25, 0.3) is 0 Å². The first-order chi connectivity index (χ1) is 9.39. The van der Waals surface area contributed by atoms with Gasteiger partial charge in [0.15, 0.2) is 0 Å². The van der Waals surface area contributed by atoms with Crippen LogP contribution in [-0.2, 0) is 4.74 Å². The molecule has 3 heteroatoms. The Labute approximate surface area is 122 Å². The second-order valence-electron chi connectivity index (χ2n) is 6.54. The first kappa shape index (κ1) is 15.3. The van der Waals surface area contributed by atoms with E-state index in [-0.39, 0.29) is 11.2 Å².